The molecule has 1 atom stereocenters. The second-order valence-electron chi connectivity index (χ2n) is 4.94. The van der Waals surface area contributed by atoms with Gasteiger partial charge in [-0.15, -0.1) is 5.10 Å². The highest BCUT2D eigenvalue weighted by atomic mass is 19.1. The van der Waals surface area contributed by atoms with Crippen LogP contribution in [-0.2, 0) is 9.53 Å². The Hall–Kier alpha value is -2.81. The molecule has 1 unspecified atom stereocenters. The van der Waals surface area contributed by atoms with Gasteiger partial charge in [0.05, 0.1) is 25.0 Å². The number of nitrogens with zero attached hydrogens (tertiary/aromatic N) is 4. The molecule has 2 heterocycles. The average molecular weight is 320 g/mol. The van der Waals surface area contributed by atoms with Crippen molar-refractivity contribution in [2.24, 2.45) is 0 Å². The van der Waals surface area contributed by atoms with Gasteiger partial charge < -0.3 is 14.7 Å². The monoisotopic (exact) mass is 320 g/mol. The molecule has 0 spiro atoms. The van der Waals surface area contributed by atoms with E-state index in [4.69, 9.17) is 9.84 Å². The minimum Gasteiger partial charge on any atom is -0.479 e. The summed E-state index contributed by atoms with van der Waals surface area (Å²) >= 11 is 0. The van der Waals surface area contributed by atoms with Crippen LogP contribution in [0.25, 0.3) is 5.69 Å². The van der Waals surface area contributed by atoms with Crippen LogP contribution in [0.3, 0.4) is 0 Å². The number of ether oxygens (including phenoxy) is 1. The third-order valence-corrected chi connectivity index (χ3v) is 3.40. The van der Waals surface area contributed by atoms with Crippen molar-refractivity contribution in [3.8, 4) is 5.69 Å². The maximum atomic E-state index is 12.9. The second kappa shape index (κ2) is 6.13. The number of carbonyl (C=O) groups is 2. The molecule has 1 fully saturated rings. The zero-order valence-corrected chi connectivity index (χ0v) is 11.9. The number of carbonyl (C=O) groups excluding carboxylic acids is 1. The summed E-state index contributed by atoms with van der Waals surface area (Å²) in [6.07, 6.45) is 0.247. The van der Waals surface area contributed by atoms with Gasteiger partial charge in [-0.2, -0.15) is 9.90 Å². The Labute approximate surface area is 130 Å². The highest BCUT2D eigenvalue weighted by Crippen LogP contribution is 2.11. The largest absolute Gasteiger partial charge is 0.479 e. The molecule has 23 heavy (non-hydrogen) atoms. The molecule has 0 aliphatic carbocycles. The van der Waals surface area contributed by atoms with Crippen LogP contribution in [0.4, 0.5) is 4.39 Å². The van der Waals surface area contributed by atoms with Crippen LogP contribution < -0.4 is 0 Å². The number of aromatic nitrogens is 3. The summed E-state index contributed by atoms with van der Waals surface area (Å²) in [6, 6.07) is 5.50. The fourth-order valence-corrected chi connectivity index (χ4v) is 2.21. The number of rotatable bonds is 3. The Kier molecular flexibility index (Phi) is 4.02. The van der Waals surface area contributed by atoms with E-state index in [0.29, 0.717) is 5.69 Å². The molecule has 3 rings (SSSR count). The summed E-state index contributed by atoms with van der Waals surface area (Å²) in [7, 11) is 0. The van der Waals surface area contributed by atoms with Gasteiger partial charge in [0.1, 0.15) is 5.82 Å². The predicted molar refractivity (Wildman–Crippen MR) is 74.6 cm³/mol. The number of carboxylic acids is 1. The zero-order chi connectivity index (χ0) is 16.4. The molecule has 1 amide bonds. The molecular weight excluding hydrogens is 307 g/mol. The van der Waals surface area contributed by atoms with Crippen molar-refractivity contribution in [2.45, 2.75) is 6.10 Å². The van der Waals surface area contributed by atoms with Gasteiger partial charge in [-0.3, -0.25) is 4.79 Å². The van der Waals surface area contributed by atoms with Crippen LogP contribution in [0, 0.1) is 5.82 Å². The van der Waals surface area contributed by atoms with Crippen molar-refractivity contribution in [3.05, 3.63) is 42.0 Å². The van der Waals surface area contributed by atoms with E-state index >= 15 is 0 Å². The Balaban J connectivity index is 1.75. The van der Waals surface area contributed by atoms with E-state index in [1.54, 1.807) is 0 Å². The zero-order valence-electron chi connectivity index (χ0n) is 11.9. The molecule has 1 aromatic heterocycles. The molecule has 0 radical (unpaired) electrons. The molecule has 8 nitrogen and oxygen atoms in total. The molecular formula is C14H13FN4O4. The number of hydrogen-bond donors (Lipinski definition) is 1. The van der Waals surface area contributed by atoms with Gasteiger partial charge in [-0.25, -0.2) is 9.18 Å². The van der Waals surface area contributed by atoms with E-state index in [-0.39, 0.29) is 31.2 Å². The van der Waals surface area contributed by atoms with Crippen LogP contribution in [0.15, 0.2) is 30.5 Å². The first-order valence-electron chi connectivity index (χ1n) is 6.86. The predicted octanol–water partition coefficient (Wildman–Crippen LogP) is 0.332. The van der Waals surface area contributed by atoms with Crippen molar-refractivity contribution in [1.82, 2.24) is 19.9 Å². The molecule has 1 aromatic carbocycles. The van der Waals surface area contributed by atoms with E-state index in [1.165, 1.54) is 40.2 Å². The van der Waals surface area contributed by atoms with Gasteiger partial charge in [0.25, 0.3) is 5.91 Å². The smallest absolute Gasteiger partial charge is 0.334 e. The first-order valence-corrected chi connectivity index (χ1v) is 6.86. The third-order valence-electron chi connectivity index (χ3n) is 3.40. The highest BCUT2D eigenvalue weighted by molar-refractivity contribution is 5.92. The van der Waals surface area contributed by atoms with Crippen LogP contribution in [0.1, 0.15) is 10.5 Å². The number of morpholine rings is 1. The molecule has 1 saturated heterocycles. The number of halogens is 1. The SMILES string of the molecule is O=C(O)C1CN(C(=O)c2cnn(-c3ccc(F)cc3)n2)CCO1. The highest BCUT2D eigenvalue weighted by Gasteiger charge is 2.30. The lowest BCUT2D eigenvalue weighted by Crippen LogP contribution is -2.48. The van der Waals surface area contributed by atoms with Gasteiger partial charge in [0.15, 0.2) is 11.8 Å². The number of benzene rings is 1. The van der Waals surface area contributed by atoms with Crippen LogP contribution >= 0.6 is 0 Å². The van der Waals surface area contributed by atoms with Gasteiger partial charge in [0, 0.05) is 6.54 Å². The van der Waals surface area contributed by atoms with Crippen molar-refractivity contribution < 1.29 is 23.8 Å². The van der Waals surface area contributed by atoms with E-state index in [9.17, 15) is 14.0 Å². The molecule has 1 aliphatic heterocycles. The van der Waals surface area contributed by atoms with Crippen molar-refractivity contribution in [1.29, 1.82) is 0 Å². The lowest BCUT2D eigenvalue weighted by atomic mass is 10.2. The molecule has 2 aromatic rings. The van der Waals surface area contributed by atoms with Gasteiger partial charge >= 0.3 is 5.97 Å². The molecule has 0 bridgehead atoms. The maximum absolute atomic E-state index is 12.9. The van der Waals surface area contributed by atoms with Gasteiger partial charge in [-0.1, -0.05) is 0 Å². The lowest BCUT2D eigenvalue weighted by molar-refractivity contribution is -0.154. The summed E-state index contributed by atoms with van der Waals surface area (Å²) in [5.41, 5.74) is 0.594. The topological polar surface area (TPSA) is 97.6 Å². The molecule has 9 heteroatoms. The number of carboxylic acid groups (broad SMARTS) is 1. The summed E-state index contributed by atoms with van der Waals surface area (Å²) in [5, 5.41) is 17.0. The third kappa shape index (κ3) is 3.19. The fourth-order valence-electron chi connectivity index (χ4n) is 2.21. The minimum atomic E-state index is -1.11. The number of amides is 1. The number of aliphatic carboxylic acids is 1. The fraction of sp³-hybridized carbons (Fsp3) is 0.286. The van der Waals surface area contributed by atoms with Crippen molar-refractivity contribution >= 4 is 11.9 Å². The van der Waals surface area contributed by atoms with Crippen LogP contribution in [-0.4, -0.2) is 62.7 Å². The molecule has 120 valence electrons. The molecule has 1 aliphatic rings. The summed E-state index contributed by atoms with van der Waals surface area (Å²) < 4.78 is 18.0. The van der Waals surface area contributed by atoms with Crippen LogP contribution in [0.2, 0.25) is 0 Å². The number of hydrogen-bond acceptors (Lipinski definition) is 5. The van der Waals surface area contributed by atoms with E-state index in [2.05, 4.69) is 10.2 Å². The van der Waals surface area contributed by atoms with E-state index in [1.807, 2.05) is 0 Å². The maximum Gasteiger partial charge on any atom is 0.334 e. The second-order valence-corrected chi connectivity index (χ2v) is 4.94. The normalized spacial score (nSPS) is 18.0. The summed E-state index contributed by atoms with van der Waals surface area (Å²) in [5.74, 6) is -1.92. The average Bonchev–Trinajstić information content (AvgIpc) is 3.05. The Bertz CT molecular complexity index is 731. The van der Waals surface area contributed by atoms with Crippen molar-refractivity contribution in [3.63, 3.8) is 0 Å². The lowest BCUT2D eigenvalue weighted by Gasteiger charge is -2.30. The summed E-state index contributed by atoms with van der Waals surface area (Å²) in [4.78, 5) is 25.9. The van der Waals surface area contributed by atoms with Gasteiger partial charge in [0.2, 0.25) is 0 Å². The Morgan fingerprint density at radius 2 is 2.04 bits per heavy atom. The first-order chi connectivity index (χ1) is 11.0. The van der Waals surface area contributed by atoms with E-state index in [0.717, 1.165) is 0 Å². The van der Waals surface area contributed by atoms with Gasteiger partial charge in [-0.05, 0) is 24.3 Å². The summed E-state index contributed by atoms with van der Waals surface area (Å²) in [6.45, 7) is 0.387. The standard InChI is InChI=1S/C14H13FN4O4/c15-9-1-3-10(4-2-9)19-16-7-11(17-19)13(20)18-5-6-23-12(8-18)14(21)22/h1-4,7,12H,5-6,8H2,(H,21,22). The molecule has 0 saturated carbocycles. The quantitative estimate of drug-likeness (QED) is 0.875. The van der Waals surface area contributed by atoms with E-state index < -0.39 is 18.0 Å². The Morgan fingerprint density at radius 3 is 2.74 bits per heavy atom. The van der Waals surface area contributed by atoms with Crippen LogP contribution in [0.5, 0.6) is 0 Å². The molecule has 1 N–H and O–H groups in total. The first kappa shape index (κ1) is 15.1. The minimum absolute atomic E-state index is 0.0441. The van der Waals surface area contributed by atoms with Crippen molar-refractivity contribution in [2.75, 3.05) is 19.7 Å². The Morgan fingerprint density at radius 1 is 1.30 bits per heavy atom.